The van der Waals surface area contributed by atoms with Crippen molar-refractivity contribution in [1.29, 1.82) is 0 Å². The van der Waals surface area contributed by atoms with Crippen molar-refractivity contribution in [2.75, 3.05) is 6.26 Å². The van der Waals surface area contributed by atoms with Gasteiger partial charge in [0.05, 0.1) is 5.76 Å². The molecule has 1 N–H and O–H groups in total. The fourth-order valence-corrected chi connectivity index (χ4v) is 2.56. The van der Waals surface area contributed by atoms with Crippen LogP contribution in [0.4, 0.5) is 0 Å². The molecule has 1 aromatic carbocycles. The highest BCUT2D eigenvalue weighted by molar-refractivity contribution is 7.99. The first kappa shape index (κ1) is 13.2. The third-order valence-corrected chi connectivity index (χ3v) is 4.08. The highest BCUT2D eigenvalue weighted by Crippen LogP contribution is 2.31. The molecule has 0 aliphatic carbocycles. The number of rotatable bonds is 6. The first-order valence-electron chi connectivity index (χ1n) is 5.64. The maximum atomic E-state index is 9.70. The van der Waals surface area contributed by atoms with Crippen LogP contribution in [0.2, 0.25) is 0 Å². The largest absolute Gasteiger partial charge is 0.512 e. The van der Waals surface area contributed by atoms with Crippen molar-refractivity contribution in [2.24, 2.45) is 0 Å². The molecule has 0 aliphatic rings. The van der Waals surface area contributed by atoms with Crippen molar-refractivity contribution < 1.29 is 5.11 Å². The first-order valence-corrected chi connectivity index (χ1v) is 6.93. The second-order valence-electron chi connectivity index (χ2n) is 3.96. The maximum Gasteiger partial charge on any atom is 0.0926 e. The molecule has 1 nitrogen and oxygen atoms in total. The van der Waals surface area contributed by atoms with E-state index >= 15 is 0 Å². The summed E-state index contributed by atoms with van der Waals surface area (Å²) >= 11 is 1.86. The van der Waals surface area contributed by atoms with E-state index in [0.29, 0.717) is 5.25 Å². The summed E-state index contributed by atoms with van der Waals surface area (Å²) in [7, 11) is 0. The van der Waals surface area contributed by atoms with Crippen LogP contribution < -0.4 is 0 Å². The molecule has 0 bridgehead atoms. The van der Waals surface area contributed by atoms with Crippen molar-refractivity contribution in [3.63, 3.8) is 0 Å². The molecule has 2 atom stereocenters. The molecule has 0 amide bonds. The Morgan fingerprint density at radius 3 is 2.44 bits per heavy atom. The van der Waals surface area contributed by atoms with Crippen LogP contribution in [-0.2, 0) is 0 Å². The minimum Gasteiger partial charge on any atom is -0.512 e. The van der Waals surface area contributed by atoms with Crippen molar-refractivity contribution in [2.45, 2.75) is 30.9 Å². The Bertz CT molecular complexity index is 317. The number of aliphatic hydroxyl groups is 1. The normalized spacial score (nSPS) is 14.4. The van der Waals surface area contributed by atoms with Crippen LogP contribution >= 0.6 is 11.8 Å². The van der Waals surface area contributed by atoms with E-state index in [1.165, 1.54) is 0 Å². The Kier molecular flexibility index (Phi) is 5.47. The monoisotopic (exact) mass is 236 g/mol. The predicted molar refractivity (Wildman–Crippen MR) is 73.2 cm³/mol. The number of aliphatic hydroxyl groups excluding tert-OH is 1. The van der Waals surface area contributed by atoms with Gasteiger partial charge in [-0.3, -0.25) is 0 Å². The number of hydrogen-bond acceptors (Lipinski definition) is 2. The van der Waals surface area contributed by atoms with Gasteiger partial charge >= 0.3 is 0 Å². The molecule has 0 fully saturated rings. The van der Waals surface area contributed by atoms with Gasteiger partial charge in [0.15, 0.2) is 0 Å². The van der Waals surface area contributed by atoms with Gasteiger partial charge in [-0.15, -0.1) is 0 Å². The Morgan fingerprint density at radius 2 is 2.00 bits per heavy atom. The zero-order valence-electron chi connectivity index (χ0n) is 10.0. The van der Waals surface area contributed by atoms with Crippen LogP contribution in [0.3, 0.4) is 0 Å². The van der Waals surface area contributed by atoms with Gasteiger partial charge in [0.25, 0.3) is 0 Å². The molecule has 0 saturated carbocycles. The number of thioether (sulfide) groups is 1. The second-order valence-corrected chi connectivity index (χ2v) is 5.09. The SMILES string of the molecule is C=C(O)C(CC(CC)SC)c1ccccc1. The maximum absolute atomic E-state index is 9.70. The highest BCUT2D eigenvalue weighted by atomic mass is 32.2. The molecule has 0 aromatic heterocycles. The van der Waals surface area contributed by atoms with E-state index in [1.807, 2.05) is 30.0 Å². The van der Waals surface area contributed by atoms with Gasteiger partial charge in [-0.05, 0) is 24.7 Å². The zero-order valence-corrected chi connectivity index (χ0v) is 10.8. The summed E-state index contributed by atoms with van der Waals surface area (Å²) < 4.78 is 0. The number of benzene rings is 1. The lowest BCUT2D eigenvalue weighted by Gasteiger charge is -2.21. The Morgan fingerprint density at radius 1 is 1.38 bits per heavy atom. The molecule has 16 heavy (non-hydrogen) atoms. The molecular weight excluding hydrogens is 216 g/mol. The molecule has 88 valence electrons. The molecule has 0 radical (unpaired) electrons. The molecule has 0 saturated heterocycles. The quantitative estimate of drug-likeness (QED) is 0.740. The van der Waals surface area contributed by atoms with Gasteiger partial charge in [-0.1, -0.05) is 43.8 Å². The Balaban J connectivity index is 2.80. The fraction of sp³-hybridized carbons (Fsp3) is 0.429. The summed E-state index contributed by atoms with van der Waals surface area (Å²) in [6.45, 7) is 5.88. The van der Waals surface area contributed by atoms with E-state index in [-0.39, 0.29) is 11.7 Å². The number of allylic oxidation sites excluding steroid dienone is 1. The standard InChI is InChI=1S/C14H20OS/c1-4-13(16-3)10-14(11(2)15)12-8-6-5-7-9-12/h5-9,13-15H,2,4,10H2,1,3H3. The van der Waals surface area contributed by atoms with E-state index in [1.54, 1.807) is 0 Å². The fourth-order valence-electron chi connectivity index (χ4n) is 1.84. The summed E-state index contributed by atoms with van der Waals surface area (Å²) in [5, 5.41) is 10.3. The van der Waals surface area contributed by atoms with E-state index in [2.05, 4.69) is 31.9 Å². The molecule has 1 rings (SSSR count). The van der Waals surface area contributed by atoms with Gasteiger partial charge in [-0.25, -0.2) is 0 Å². The van der Waals surface area contributed by atoms with Crippen LogP contribution in [0.25, 0.3) is 0 Å². The van der Waals surface area contributed by atoms with E-state index in [4.69, 9.17) is 0 Å². The second kappa shape index (κ2) is 6.64. The number of hydrogen-bond donors (Lipinski definition) is 1. The molecule has 0 aliphatic heterocycles. The minimum atomic E-state index is 0.0681. The van der Waals surface area contributed by atoms with Crippen LogP contribution in [-0.4, -0.2) is 16.6 Å². The highest BCUT2D eigenvalue weighted by Gasteiger charge is 2.18. The smallest absolute Gasteiger partial charge is 0.0926 e. The van der Waals surface area contributed by atoms with Crippen molar-refractivity contribution in [1.82, 2.24) is 0 Å². The van der Waals surface area contributed by atoms with Crippen molar-refractivity contribution in [3.8, 4) is 0 Å². The topological polar surface area (TPSA) is 20.2 Å². The van der Waals surface area contributed by atoms with E-state index in [0.717, 1.165) is 18.4 Å². The average Bonchev–Trinajstić information content (AvgIpc) is 2.31. The van der Waals surface area contributed by atoms with E-state index < -0.39 is 0 Å². The lowest BCUT2D eigenvalue weighted by molar-refractivity contribution is 0.361. The Labute approximate surface area is 103 Å². The summed E-state index contributed by atoms with van der Waals surface area (Å²) in [5.74, 6) is 0.345. The average molecular weight is 236 g/mol. The minimum absolute atomic E-state index is 0.0681. The van der Waals surface area contributed by atoms with Gasteiger partial charge in [-0.2, -0.15) is 11.8 Å². The molecule has 0 spiro atoms. The van der Waals surface area contributed by atoms with Crippen molar-refractivity contribution in [3.05, 3.63) is 48.2 Å². The Hall–Kier alpha value is -0.890. The molecule has 2 heteroatoms. The third-order valence-electron chi connectivity index (χ3n) is 2.89. The summed E-state index contributed by atoms with van der Waals surface area (Å²) in [6.07, 6.45) is 4.20. The molecular formula is C14H20OS. The van der Waals surface area contributed by atoms with Crippen molar-refractivity contribution >= 4 is 11.8 Å². The van der Waals surface area contributed by atoms with Gasteiger partial charge < -0.3 is 5.11 Å². The summed E-state index contributed by atoms with van der Waals surface area (Å²) in [4.78, 5) is 0. The van der Waals surface area contributed by atoms with Gasteiger partial charge in [0.1, 0.15) is 0 Å². The first-order chi connectivity index (χ1) is 7.69. The van der Waals surface area contributed by atoms with Gasteiger partial charge in [0.2, 0.25) is 0 Å². The predicted octanol–water partition coefficient (Wildman–Crippen LogP) is 4.37. The molecule has 1 aromatic rings. The third kappa shape index (κ3) is 3.60. The summed E-state index contributed by atoms with van der Waals surface area (Å²) in [5.41, 5.74) is 1.16. The zero-order chi connectivity index (χ0) is 12.0. The molecule has 0 heterocycles. The summed E-state index contributed by atoms with van der Waals surface area (Å²) in [6, 6.07) is 10.1. The van der Waals surface area contributed by atoms with Crippen LogP contribution in [0.5, 0.6) is 0 Å². The van der Waals surface area contributed by atoms with Crippen LogP contribution in [0.1, 0.15) is 31.2 Å². The van der Waals surface area contributed by atoms with Gasteiger partial charge in [0, 0.05) is 11.2 Å². The lowest BCUT2D eigenvalue weighted by Crippen LogP contribution is -2.10. The lowest BCUT2D eigenvalue weighted by atomic mass is 9.92. The molecule has 2 unspecified atom stereocenters. The van der Waals surface area contributed by atoms with Crippen LogP contribution in [0.15, 0.2) is 42.7 Å². The van der Waals surface area contributed by atoms with E-state index in [9.17, 15) is 5.11 Å². The van der Waals surface area contributed by atoms with Crippen LogP contribution in [0, 0.1) is 0 Å².